The minimum atomic E-state index is -1.11. The van der Waals surface area contributed by atoms with Crippen LogP contribution in [0.25, 0.3) is 0 Å². The van der Waals surface area contributed by atoms with Crippen molar-refractivity contribution >= 4 is 12.6 Å². The van der Waals surface area contributed by atoms with E-state index in [9.17, 15) is 5.11 Å². The molecule has 1 aromatic carbocycles. The van der Waals surface area contributed by atoms with Gasteiger partial charge in [0.25, 0.3) is 0 Å². The highest BCUT2D eigenvalue weighted by Gasteiger charge is 2.32. The third-order valence-corrected chi connectivity index (χ3v) is 3.50. The highest BCUT2D eigenvalue weighted by Crippen LogP contribution is 2.31. The van der Waals surface area contributed by atoms with E-state index in [4.69, 9.17) is 0 Å². The van der Waals surface area contributed by atoms with E-state index in [2.05, 4.69) is 12.6 Å². The van der Waals surface area contributed by atoms with Crippen LogP contribution in [0.15, 0.2) is 30.3 Å². The zero-order valence-corrected chi connectivity index (χ0v) is 9.66. The lowest BCUT2D eigenvalue weighted by atomic mass is 10.1. The molecule has 1 heterocycles. The quantitative estimate of drug-likeness (QED) is 0.593. The molecule has 1 N–H and O–H groups in total. The fourth-order valence-electron chi connectivity index (χ4n) is 2.05. The molecule has 15 heavy (non-hydrogen) atoms. The molecule has 0 amide bonds. The summed E-state index contributed by atoms with van der Waals surface area (Å²) in [6.07, 6.45) is 3.56. The number of benzene rings is 1. The van der Waals surface area contributed by atoms with Crippen molar-refractivity contribution in [2.45, 2.75) is 24.3 Å². The van der Waals surface area contributed by atoms with Crippen molar-refractivity contribution in [3.8, 4) is 0 Å². The molecule has 0 bridgehead atoms. The van der Waals surface area contributed by atoms with Crippen LogP contribution in [-0.2, 0) is 5.06 Å². The molecule has 1 saturated heterocycles. The van der Waals surface area contributed by atoms with Crippen LogP contribution in [0.4, 0.5) is 0 Å². The molecular weight excluding hydrogens is 206 g/mol. The van der Waals surface area contributed by atoms with Crippen molar-refractivity contribution in [2.24, 2.45) is 0 Å². The number of likely N-dealkylation sites (tertiary alicyclic amines) is 1. The van der Waals surface area contributed by atoms with Gasteiger partial charge in [-0.05, 0) is 12.8 Å². The van der Waals surface area contributed by atoms with Crippen LogP contribution < -0.4 is 0 Å². The molecule has 0 aliphatic carbocycles. The molecule has 82 valence electrons. The Balaban J connectivity index is 2.18. The molecule has 1 aromatic rings. The van der Waals surface area contributed by atoms with Gasteiger partial charge in [-0.15, -0.1) is 12.6 Å². The predicted octanol–water partition coefficient (Wildman–Crippen LogP) is 2.20. The van der Waals surface area contributed by atoms with Crippen LogP contribution in [0.3, 0.4) is 0 Å². The second-order valence-electron chi connectivity index (χ2n) is 4.05. The van der Waals surface area contributed by atoms with Gasteiger partial charge in [0.2, 0.25) is 0 Å². The monoisotopic (exact) mass is 223 g/mol. The summed E-state index contributed by atoms with van der Waals surface area (Å²) in [5.41, 5.74) is 0.857. The minimum absolute atomic E-state index is 0.857. The summed E-state index contributed by atoms with van der Waals surface area (Å²) in [7, 11) is 0. The zero-order chi connectivity index (χ0) is 10.7. The van der Waals surface area contributed by atoms with Gasteiger partial charge in [-0.25, -0.2) is 0 Å². The summed E-state index contributed by atoms with van der Waals surface area (Å²) in [5, 5.41) is 9.29. The smallest absolute Gasteiger partial charge is 0.190 e. The van der Waals surface area contributed by atoms with Crippen LogP contribution >= 0.6 is 12.6 Å². The summed E-state index contributed by atoms with van der Waals surface area (Å²) in [5.74, 6) is 0. The number of nitrogens with zero attached hydrogens (tertiary/aromatic N) is 1. The van der Waals surface area contributed by atoms with Gasteiger partial charge in [-0.1, -0.05) is 36.8 Å². The number of piperidine rings is 1. The summed E-state index contributed by atoms with van der Waals surface area (Å²) in [4.78, 5) is 2.04. The molecule has 1 fully saturated rings. The van der Waals surface area contributed by atoms with Gasteiger partial charge in [0.15, 0.2) is 5.06 Å². The van der Waals surface area contributed by atoms with Crippen molar-refractivity contribution in [3.05, 3.63) is 35.9 Å². The number of thiol groups is 1. The maximum absolute atomic E-state index is 10.4. The van der Waals surface area contributed by atoms with E-state index in [1.54, 1.807) is 0 Å². The first-order valence-corrected chi connectivity index (χ1v) is 5.91. The summed E-state index contributed by atoms with van der Waals surface area (Å²) in [6.45, 7) is 1.85. The molecule has 3 heteroatoms. The second-order valence-corrected chi connectivity index (χ2v) is 4.67. The molecule has 2 nitrogen and oxygen atoms in total. The first-order valence-electron chi connectivity index (χ1n) is 5.46. The number of aliphatic hydroxyl groups is 1. The summed E-state index contributed by atoms with van der Waals surface area (Å²) < 4.78 is 0. The largest absolute Gasteiger partial charge is 0.363 e. The Kier molecular flexibility index (Phi) is 3.34. The first-order chi connectivity index (χ1) is 7.21. The second kappa shape index (κ2) is 4.56. The van der Waals surface area contributed by atoms with Crippen LogP contribution in [-0.4, -0.2) is 23.1 Å². The van der Waals surface area contributed by atoms with E-state index in [0.717, 1.165) is 31.5 Å². The zero-order valence-electron chi connectivity index (χ0n) is 8.76. The van der Waals surface area contributed by atoms with Gasteiger partial charge < -0.3 is 5.11 Å². The van der Waals surface area contributed by atoms with Crippen molar-refractivity contribution < 1.29 is 5.11 Å². The van der Waals surface area contributed by atoms with E-state index in [-0.39, 0.29) is 0 Å². The lowest BCUT2D eigenvalue weighted by molar-refractivity contribution is -0.0421. The highest BCUT2D eigenvalue weighted by atomic mass is 32.1. The maximum Gasteiger partial charge on any atom is 0.190 e. The van der Waals surface area contributed by atoms with Crippen LogP contribution in [0.2, 0.25) is 0 Å². The molecule has 0 saturated carbocycles. The Morgan fingerprint density at radius 1 is 1.07 bits per heavy atom. The predicted molar refractivity (Wildman–Crippen MR) is 64.7 cm³/mol. The number of hydrogen-bond donors (Lipinski definition) is 2. The van der Waals surface area contributed by atoms with E-state index in [0.29, 0.717) is 0 Å². The molecule has 1 atom stereocenters. The van der Waals surface area contributed by atoms with Crippen LogP contribution in [0.5, 0.6) is 0 Å². The lowest BCUT2D eigenvalue weighted by Gasteiger charge is -2.38. The lowest BCUT2D eigenvalue weighted by Crippen LogP contribution is -2.44. The Labute approximate surface area is 96.3 Å². The average molecular weight is 223 g/mol. The van der Waals surface area contributed by atoms with Crippen molar-refractivity contribution in [1.82, 2.24) is 4.90 Å². The van der Waals surface area contributed by atoms with Gasteiger partial charge in [-0.2, -0.15) is 0 Å². The summed E-state index contributed by atoms with van der Waals surface area (Å²) in [6, 6.07) is 9.65. The molecule has 1 aliphatic rings. The summed E-state index contributed by atoms with van der Waals surface area (Å²) >= 11 is 4.40. The minimum Gasteiger partial charge on any atom is -0.363 e. The SMILES string of the molecule is O[C@@](S)(c1ccccc1)N1CCCCC1. The standard InChI is InChI=1S/C12H17NOS/c14-12(15,11-7-3-1-4-8-11)13-9-5-2-6-10-13/h1,3-4,7-8,14-15H,2,5-6,9-10H2/t12-/m1/s1. The van der Waals surface area contributed by atoms with Gasteiger partial charge in [0, 0.05) is 18.7 Å². The van der Waals surface area contributed by atoms with Gasteiger partial charge in [-0.3, -0.25) is 4.90 Å². The van der Waals surface area contributed by atoms with Crippen LogP contribution in [0, 0.1) is 0 Å². The Hall–Kier alpha value is -0.510. The molecule has 0 radical (unpaired) electrons. The molecule has 0 spiro atoms. The normalized spacial score (nSPS) is 22.3. The molecular formula is C12H17NOS. The van der Waals surface area contributed by atoms with Gasteiger partial charge >= 0.3 is 0 Å². The van der Waals surface area contributed by atoms with Crippen molar-refractivity contribution in [3.63, 3.8) is 0 Å². The number of rotatable bonds is 2. The average Bonchev–Trinajstić information content (AvgIpc) is 2.31. The third-order valence-electron chi connectivity index (χ3n) is 2.96. The maximum atomic E-state index is 10.4. The third kappa shape index (κ3) is 2.36. The first kappa shape index (κ1) is 11.0. The van der Waals surface area contributed by atoms with E-state index < -0.39 is 5.06 Å². The topological polar surface area (TPSA) is 23.5 Å². The van der Waals surface area contributed by atoms with E-state index in [1.807, 2.05) is 35.2 Å². The van der Waals surface area contributed by atoms with Crippen molar-refractivity contribution in [2.75, 3.05) is 13.1 Å². The fraction of sp³-hybridized carbons (Fsp3) is 0.500. The van der Waals surface area contributed by atoms with E-state index in [1.165, 1.54) is 6.42 Å². The Bertz CT molecular complexity index is 307. The molecule has 0 unspecified atom stereocenters. The van der Waals surface area contributed by atoms with E-state index >= 15 is 0 Å². The van der Waals surface area contributed by atoms with Gasteiger partial charge in [0.05, 0.1) is 0 Å². The Morgan fingerprint density at radius 2 is 1.67 bits per heavy atom. The Morgan fingerprint density at radius 3 is 2.27 bits per heavy atom. The van der Waals surface area contributed by atoms with Gasteiger partial charge in [0.1, 0.15) is 0 Å². The van der Waals surface area contributed by atoms with Crippen molar-refractivity contribution in [1.29, 1.82) is 0 Å². The molecule has 1 aliphatic heterocycles. The molecule has 2 rings (SSSR count). The van der Waals surface area contributed by atoms with Crippen LogP contribution in [0.1, 0.15) is 24.8 Å². The molecule has 0 aromatic heterocycles. The number of hydrogen-bond acceptors (Lipinski definition) is 3. The highest BCUT2D eigenvalue weighted by molar-refractivity contribution is 7.81. The fourth-order valence-corrected chi connectivity index (χ4v) is 2.40.